The first-order valence-electron chi connectivity index (χ1n) is 8.62. The standard InChI is InChI=1S/C21H21NO5/c1-22(2)21(25)26-15-8-9-17-16(10-11-23)18(20(24)27-19(17)13-15)12-14-6-4-3-5-7-14/h3-9,13,23H,10-12H2,1-2H3. The highest BCUT2D eigenvalue weighted by Gasteiger charge is 2.16. The first-order chi connectivity index (χ1) is 13.0. The van der Waals surface area contributed by atoms with Crippen molar-refractivity contribution in [3.8, 4) is 5.75 Å². The normalized spacial score (nSPS) is 10.8. The molecule has 27 heavy (non-hydrogen) atoms. The topological polar surface area (TPSA) is 80.0 Å². The van der Waals surface area contributed by atoms with E-state index in [9.17, 15) is 14.7 Å². The fourth-order valence-corrected chi connectivity index (χ4v) is 2.92. The molecule has 3 rings (SSSR count). The van der Waals surface area contributed by atoms with E-state index >= 15 is 0 Å². The molecule has 1 aromatic heterocycles. The van der Waals surface area contributed by atoms with Crippen molar-refractivity contribution in [1.29, 1.82) is 0 Å². The zero-order valence-electron chi connectivity index (χ0n) is 15.3. The second-order valence-electron chi connectivity index (χ2n) is 6.40. The van der Waals surface area contributed by atoms with Gasteiger partial charge in [0.25, 0.3) is 0 Å². The molecule has 1 amide bonds. The molecular formula is C21H21NO5. The Balaban J connectivity index is 2.07. The van der Waals surface area contributed by atoms with Crippen LogP contribution in [0.3, 0.4) is 0 Å². The van der Waals surface area contributed by atoms with Gasteiger partial charge in [-0.05, 0) is 29.7 Å². The smallest absolute Gasteiger partial charge is 0.414 e. The second kappa shape index (κ2) is 8.05. The predicted molar refractivity (Wildman–Crippen MR) is 102 cm³/mol. The number of aliphatic hydroxyl groups is 1. The third-order valence-corrected chi connectivity index (χ3v) is 4.25. The molecule has 6 nitrogen and oxygen atoms in total. The molecule has 0 radical (unpaired) electrons. The van der Waals surface area contributed by atoms with E-state index in [2.05, 4.69) is 0 Å². The van der Waals surface area contributed by atoms with Crippen LogP contribution in [0.4, 0.5) is 4.79 Å². The van der Waals surface area contributed by atoms with E-state index in [1.165, 1.54) is 11.0 Å². The van der Waals surface area contributed by atoms with Crippen molar-refractivity contribution in [1.82, 2.24) is 4.90 Å². The van der Waals surface area contributed by atoms with Crippen LogP contribution in [0.2, 0.25) is 0 Å². The number of rotatable bonds is 5. The molecule has 1 N–H and O–H groups in total. The Morgan fingerprint density at radius 2 is 1.85 bits per heavy atom. The van der Waals surface area contributed by atoms with Crippen LogP contribution < -0.4 is 10.4 Å². The van der Waals surface area contributed by atoms with Crippen LogP contribution in [0.25, 0.3) is 11.0 Å². The largest absolute Gasteiger partial charge is 0.422 e. The number of fused-ring (bicyclic) bond motifs is 1. The van der Waals surface area contributed by atoms with E-state index in [1.54, 1.807) is 26.2 Å². The third kappa shape index (κ3) is 4.17. The van der Waals surface area contributed by atoms with Crippen LogP contribution in [0.1, 0.15) is 16.7 Å². The fourth-order valence-electron chi connectivity index (χ4n) is 2.92. The van der Waals surface area contributed by atoms with Crippen LogP contribution in [0, 0.1) is 0 Å². The molecule has 3 aromatic rings. The van der Waals surface area contributed by atoms with Crippen molar-refractivity contribution in [3.05, 3.63) is 75.6 Å². The maximum atomic E-state index is 12.6. The van der Waals surface area contributed by atoms with Gasteiger partial charge in [0.1, 0.15) is 11.3 Å². The van der Waals surface area contributed by atoms with Crippen LogP contribution in [0.15, 0.2) is 57.7 Å². The highest BCUT2D eigenvalue weighted by molar-refractivity contribution is 5.83. The molecule has 0 aliphatic heterocycles. The van der Waals surface area contributed by atoms with Gasteiger partial charge in [0.2, 0.25) is 0 Å². The summed E-state index contributed by atoms with van der Waals surface area (Å²) in [5, 5.41) is 10.2. The van der Waals surface area contributed by atoms with E-state index in [4.69, 9.17) is 9.15 Å². The van der Waals surface area contributed by atoms with Crippen molar-refractivity contribution < 1.29 is 19.1 Å². The molecule has 0 atom stereocenters. The highest BCUT2D eigenvalue weighted by atomic mass is 16.6. The lowest BCUT2D eigenvalue weighted by atomic mass is 9.96. The zero-order chi connectivity index (χ0) is 19.4. The van der Waals surface area contributed by atoms with Gasteiger partial charge in [-0.2, -0.15) is 0 Å². The average molecular weight is 367 g/mol. The SMILES string of the molecule is CN(C)C(=O)Oc1ccc2c(CCO)c(Cc3ccccc3)c(=O)oc2c1. The van der Waals surface area contributed by atoms with Gasteiger partial charge in [-0.1, -0.05) is 30.3 Å². The summed E-state index contributed by atoms with van der Waals surface area (Å²) in [6, 6.07) is 14.5. The number of carbonyl (C=O) groups excluding carboxylic acids is 1. The van der Waals surface area contributed by atoms with E-state index in [-0.39, 0.29) is 12.4 Å². The molecule has 0 saturated heterocycles. The zero-order valence-corrected chi connectivity index (χ0v) is 15.3. The van der Waals surface area contributed by atoms with Crippen LogP contribution >= 0.6 is 0 Å². The lowest BCUT2D eigenvalue weighted by molar-refractivity contribution is 0.172. The minimum absolute atomic E-state index is 0.0856. The number of carbonyl (C=O) groups is 1. The summed E-state index contributed by atoms with van der Waals surface area (Å²) >= 11 is 0. The molecule has 2 aromatic carbocycles. The van der Waals surface area contributed by atoms with Crippen molar-refractivity contribution in [3.63, 3.8) is 0 Å². The molecule has 0 saturated carbocycles. The van der Waals surface area contributed by atoms with E-state index in [0.29, 0.717) is 24.0 Å². The minimum Gasteiger partial charge on any atom is -0.422 e. The van der Waals surface area contributed by atoms with Crippen molar-refractivity contribution in [2.75, 3.05) is 20.7 Å². The summed E-state index contributed by atoms with van der Waals surface area (Å²) < 4.78 is 10.7. The van der Waals surface area contributed by atoms with Crippen molar-refractivity contribution in [2.24, 2.45) is 0 Å². The molecule has 0 bridgehead atoms. The number of amides is 1. The second-order valence-corrected chi connectivity index (χ2v) is 6.40. The van der Waals surface area contributed by atoms with Gasteiger partial charge in [-0.25, -0.2) is 9.59 Å². The fraction of sp³-hybridized carbons (Fsp3) is 0.238. The molecular weight excluding hydrogens is 346 g/mol. The van der Waals surface area contributed by atoms with Crippen LogP contribution in [0.5, 0.6) is 5.75 Å². The molecule has 0 aliphatic carbocycles. The minimum atomic E-state index is -0.520. The number of aliphatic hydroxyl groups excluding tert-OH is 1. The van der Waals surface area contributed by atoms with Gasteiger partial charge < -0.3 is 19.2 Å². The molecule has 140 valence electrons. The van der Waals surface area contributed by atoms with Crippen molar-refractivity contribution >= 4 is 17.1 Å². The van der Waals surface area contributed by atoms with E-state index < -0.39 is 11.7 Å². The number of nitrogens with zero attached hydrogens (tertiary/aromatic N) is 1. The summed E-state index contributed by atoms with van der Waals surface area (Å²) in [7, 11) is 3.16. The highest BCUT2D eigenvalue weighted by Crippen LogP contribution is 2.26. The molecule has 1 heterocycles. The van der Waals surface area contributed by atoms with Crippen molar-refractivity contribution in [2.45, 2.75) is 12.8 Å². The quantitative estimate of drug-likeness (QED) is 0.701. The Morgan fingerprint density at radius 1 is 1.11 bits per heavy atom. The molecule has 0 aliphatic rings. The molecule has 0 unspecified atom stereocenters. The number of benzene rings is 2. The van der Waals surface area contributed by atoms with Crippen LogP contribution in [-0.4, -0.2) is 36.8 Å². The summed E-state index contributed by atoms with van der Waals surface area (Å²) in [6.07, 6.45) is 0.236. The lowest BCUT2D eigenvalue weighted by Gasteiger charge is -2.13. The Bertz CT molecular complexity index is 1010. The van der Waals surface area contributed by atoms with Gasteiger partial charge in [-0.3, -0.25) is 0 Å². The van der Waals surface area contributed by atoms with E-state index in [0.717, 1.165) is 16.5 Å². The maximum absolute atomic E-state index is 12.6. The number of hydrogen-bond acceptors (Lipinski definition) is 5. The molecule has 6 heteroatoms. The van der Waals surface area contributed by atoms with E-state index in [1.807, 2.05) is 30.3 Å². The van der Waals surface area contributed by atoms with Gasteiger partial charge in [0.15, 0.2) is 0 Å². The first-order valence-corrected chi connectivity index (χ1v) is 8.62. The number of hydrogen-bond donors (Lipinski definition) is 1. The average Bonchev–Trinajstić information content (AvgIpc) is 2.65. The third-order valence-electron chi connectivity index (χ3n) is 4.25. The Labute approximate surface area is 156 Å². The lowest BCUT2D eigenvalue weighted by Crippen LogP contribution is -2.25. The van der Waals surface area contributed by atoms with Gasteiger partial charge in [-0.15, -0.1) is 0 Å². The van der Waals surface area contributed by atoms with Gasteiger partial charge >= 0.3 is 11.7 Å². The van der Waals surface area contributed by atoms with Crippen LogP contribution in [-0.2, 0) is 12.8 Å². The molecule has 0 fully saturated rings. The van der Waals surface area contributed by atoms with Gasteiger partial charge in [0.05, 0.1) is 0 Å². The predicted octanol–water partition coefficient (Wildman–Crippen LogP) is 2.98. The summed E-state index contributed by atoms with van der Waals surface area (Å²) in [6.45, 7) is -0.0856. The Hall–Kier alpha value is -3.12. The number of ether oxygens (including phenoxy) is 1. The molecule has 0 spiro atoms. The summed E-state index contributed by atoms with van der Waals surface area (Å²) in [5.41, 5.74) is 2.13. The Kier molecular flexibility index (Phi) is 5.57. The summed E-state index contributed by atoms with van der Waals surface area (Å²) in [4.78, 5) is 25.6. The summed E-state index contributed by atoms with van der Waals surface area (Å²) in [5.74, 6) is 0.287. The maximum Gasteiger partial charge on any atom is 0.414 e. The van der Waals surface area contributed by atoms with Gasteiger partial charge in [0, 0.05) is 44.1 Å². The Morgan fingerprint density at radius 3 is 2.52 bits per heavy atom. The first kappa shape index (κ1) is 18.7. The monoisotopic (exact) mass is 367 g/mol.